The summed E-state index contributed by atoms with van der Waals surface area (Å²) in [6.07, 6.45) is 5.19. The summed E-state index contributed by atoms with van der Waals surface area (Å²) < 4.78 is 21.5. The predicted octanol–water partition coefficient (Wildman–Crippen LogP) is 2.99. The van der Waals surface area contributed by atoms with Crippen LogP contribution >= 0.6 is 0 Å². The lowest BCUT2D eigenvalue weighted by Gasteiger charge is -2.11. The highest BCUT2D eigenvalue weighted by Gasteiger charge is 2.25. The van der Waals surface area contributed by atoms with Gasteiger partial charge in [0.25, 0.3) is 0 Å². The van der Waals surface area contributed by atoms with Gasteiger partial charge < -0.3 is 14.4 Å². The van der Waals surface area contributed by atoms with E-state index in [1.165, 1.54) is 18.9 Å². The van der Waals surface area contributed by atoms with Gasteiger partial charge in [-0.05, 0) is 37.5 Å². The molecule has 0 saturated heterocycles. The van der Waals surface area contributed by atoms with Crippen LogP contribution < -0.4 is 4.74 Å². The number of imidazole rings is 1. The summed E-state index contributed by atoms with van der Waals surface area (Å²) >= 11 is 0. The first kappa shape index (κ1) is 13.1. The van der Waals surface area contributed by atoms with Gasteiger partial charge in [0.05, 0.1) is 24.3 Å². The first-order valence-corrected chi connectivity index (χ1v) is 6.76. The molecule has 4 nitrogen and oxygen atoms in total. The summed E-state index contributed by atoms with van der Waals surface area (Å²) in [6.45, 7) is 1.89. The average Bonchev–Trinajstić information content (AvgIpc) is 3.16. The molecule has 1 aliphatic rings. The molecule has 1 N–H and O–H groups in total. The minimum Gasteiger partial charge on any atom is -0.484 e. The van der Waals surface area contributed by atoms with E-state index in [0.29, 0.717) is 18.2 Å². The Morgan fingerprint density at radius 2 is 2.30 bits per heavy atom. The molecule has 3 rings (SSSR count). The van der Waals surface area contributed by atoms with Crippen LogP contribution in [0.4, 0.5) is 4.39 Å². The Labute approximate surface area is 116 Å². The van der Waals surface area contributed by atoms with Crippen molar-refractivity contribution in [3.63, 3.8) is 0 Å². The fraction of sp³-hybridized carbons (Fsp3) is 0.400. The van der Waals surface area contributed by atoms with Gasteiger partial charge in [0.2, 0.25) is 0 Å². The van der Waals surface area contributed by atoms with E-state index in [0.717, 1.165) is 5.69 Å². The highest BCUT2D eigenvalue weighted by molar-refractivity contribution is 5.30. The van der Waals surface area contributed by atoms with Crippen molar-refractivity contribution >= 4 is 0 Å². The van der Waals surface area contributed by atoms with Crippen molar-refractivity contribution in [1.29, 1.82) is 0 Å². The maximum atomic E-state index is 13.9. The van der Waals surface area contributed by atoms with Crippen LogP contribution in [0.15, 0.2) is 30.7 Å². The molecule has 1 heterocycles. The lowest BCUT2D eigenvalue weighted by atomic mass is 10.1. The zero-order valence-corrected chi connectivity index (χ0v) is 11.3. The van der Waals surface area contributed by atoms with Crippen molar-refractivity contribution in [3.8, 4) is 5.75 Å². The minimum atomic E-state index is -0.685. The predicted molar refractivity (Wildman–Crippen MR) is 71.9 cm³/mol. The van der Waals surface area contributed by atoms with Crippen LogP contribution in [-0.2, 0) is 6.61 Å². The molecule has 106 valence electrons. The molecule has 1 aromatic carbocycles. The first-order chi connectivity index (χ1) is 9.65. The molecule has 0 amide bonds. The number of aromatic nitrogens is 2. The van der Waals surface area contributed by atoms with Crippen molar-refractivity contribution in [3.05, 3.63) is 47.8 Å². The molecule has 1 aliphatic carbocycles. The molecule has 2 aromatic rings. The largest absolute Gasteiger partial charge is 0.484 e. The van der Waals surface area contributed by atoms with Crippen LogP contribution in [0.2, 0.25) is 0 Å². The molecule has 5 heteroatoms. The molecular formula is C15H17FN2O2. The molecule has 0 unspecified atom stereocenters. The van der Waals surface area contributed by atoms with E-state index >= 15 is 0 Å². The third kappa shape index (κ3) is 2.67. The number of nitrogens with zero attached hydrogens (tertiary/aromatic N) is 2. The fourth-order valence-corrected chi connectivity index (χ4v) is 2.17. The summed E-state index contributed by atoms with van der Waals surface area (Å²) in [6, 6.07) is 5.05. The number of aliphatic hydroxyl groups excluding tert-OH is 1. The number of benzene rings is 1. The quantitative estimate of drug-likeness (QED) is 0.913. The summed E-state index contributed by atoms with van der Waals surface area (Å²) in [5.74, 6) is -0.265. The summed E-state index contributed by atoms with van der Waals surface area (Å²) in [4.78, 5) is 4.11. The van der Waals surface area contributed by atoms with Crippen molar-refractivity contribution in [2.24, 2.45) is 0 Å². The highest BCUT2D eigenvalue weighted by Crippen LogP contribution is 2.35. The van der Waals surface area contributed by atoms with E-state index in [1.807, 2.05) is 0 Å². The Morgan fingerprint density at radius 1 is 1.50 bits per heavy atom. The Morgan fingerprint density at radius 3 is 2.95 bits per heavy atom. The molecule has 0 radical (unpaired) electrons. The third-order valence-electron chi connectivity index (χ3n) is 3.50. The number of halogens is 1. The van der Waals surface area contributed by atoms with Crippen molar-refractivity contribution in [1.82, 2.24) is 9.55 Å². The minimum absolute atomic E-state index is 0.193. The zero-order valence-electron chi connectivity index (χ0n) is 11.3. The summed E-state index contributed by atoms with van der Waals surface area (Å²) in [7, 11) is 0. The number of hydrogen-bond acceptors (Lipinski definition) is 3. The van der Waals surface area contributed by atoms with E-state index in [-0.39, 0.29) is 5.75 Å². The van der Waals surface area contributed by atoms with Crippen LogP contribution in [0.3, 0.4) is 0 Å². The lowest BCUT2D eigenvalue weighted by Crippen LogP contribution is -2.05. The highest BCUT2D eigenvalue weighted by atomic mass is 19.1. The van der Waals surface area contributed by atoms with Gasteiger partial charge in [-0.1, -0.05) is 6.07 Å². The summed E-state index contributed by atoms with van der Waals surface area (Å²) in [5, 5.41) is 9.40. The second kappa shape index (κ2) is 5.25. The number of aliphatic hydroxyl groups is 1. The second-order valence-electron chi connectivity index (χ2n) is 5.18. The summed E-state index contributed by atoms with van der Waals surface area (Å²) in [5.41, 5.74) is 1.49. The standard InChI is InChI=1S/C15H17FN2O2/c1-10(19)11-2-5-15(14(16)6-11)20-8-13-7-17-9-18(13)12-3-4-12/h2,5-7,9-10,12,19H,3-4,8H2,1H3/t10-/m1/s1. The fourth-order valence-electron chi connectivity index (χ4n) is 2.17. The van der Waals surface area contributed by atoms with Gasteiger partial charge in [-0.25, -0.2) is 9.37 Å². The van der Waals surface area contributed by atoms with Crippen LogP contribution in [0.5, 0.6) is 5.75 Å². The SMILES string of the molecule is C[C@@H](O)c1ccc(OCc2cncn2C2CC2)c(F)c1. The van der Waals surface area contributed by atoms with Crippen LogP contribution in [0.25, 0.3) is 0 Å². The van der Waals surface area contributed by atoms with Crippen molar-refractivity contribution in [2.45, 2.75) is 38.5 Å². The normalized spacial score (nSPS) is 16.1. The lowest BCUT2D eigenvalue weighted by molar-refractivity contribution is 0.198. The second-order valence-corrected chi connectivity index (χ2v) is 5.18. The number of hydrogen-bond donors (Lipinski definition) is 1. The van der Waals surface area contributed by atoms with E-state index in [2.05, 4.69) is 9.55 Å². The Kier molecular flexibility index (Phi) is 3.44. The van der Waals surface area contributed by atoms with Gasteiger partial charge in [0.1, 0.15) is 6.61 Å². The van der Waals surface area contributed by atoms with E-state index < -0.39 is 11.9 Å². The number of ether oxygens (including phenoxy) is 1. The molecule has 0 spiro atoms. The van der Waals surface area contributed by atoms with Gasteiger partial charge >= 0.3 is 0 Å². The van der Waals surface area contributed by atoms with Crippen LogP contribution in [0.1, 0.15) is 43.2 Å². The maximum absolute atomic E-state index is 13.9. The Bertz CT molecular complexity index is 606. The molecule has 1 aromatic heterocycles. The van der Waals surface area contributed by atoms with E-state index in [1.54, 1.807) is 31.6 Å². The van der Waals surface area contributed by atoms with Crippen LogP contribution in [-0.4, -0.2) is 14.7 Å². The molecule has 0 bridgehead atoms. The molecule has 0 aliphatic heterocycles. The smallest absolute Gasteiger partial charge is 0.165 e. The monoisotopic (exact) mass is 276 g/mol. The van der Waals surface area contributed by atoms with Crippen LogP contribution in [0, 0.1) is 5.82 Å². The van der Waals surface area contributed by atoms with Gasteiger partial charge in [-0.3, -0.25) is 0 Å². The molecule has 1 saturated carbocycles. The molecular weight excluding hydrogens is 259 g/mol. The van der Waals surface area contributed by atoms with Crippen molar-refractivity contribution in [2.75, 3.05) is 0 Å². The Hall–Kier alpha value is -1.88. The molecule has 1 atom stereocenters. The molecule has 1 fully saturated rings. The van der Waals surface area contributed by atoms with E-state index in [4.69, 9.17) is 4.74 Å². The Balaban J connectivity index is 1.70. The van der Waals surface area contributed by atoms with Gasteiger partial charge in [-0.15, -0.1) is 0 Å². The zero-order chi connectivity index (χ0) is 14.1. The van der Waals surface area contributed by atoms with Crippen molar-refractivity contribution < 1.29 is 14.2 Å². The third-order valence-corrected chi connectivity index (χ3v) is 3.50. The molecule has 20 heavy (non-hydrogen) atoms. The maximum Gasteiger partial charge on any atom is 0.165 e. The topological polar surface area (TPSA) is 47.3 Å². The first-order valence-electron chi connectivity index (χ1n) is 6.76. The average molecular weight is 276 g/mol. The van der Waals surface area contributed by atoms with Gasteiger partial charge in [0, 0.05) is 6.04 Å². The van der Waals surface area contributed by atoms with Gasteiger partial charge in [0.15, 0.2) is 11.6 Å². The van der Waals surface area contributed by atoms with Gasteiger partial charge in [-0.2, -0.15) is 0 Å². The van der Waals surface area contributed by atoms with E-state index in [9.17, 15) is 9.50 Å². The number of rotatable bonds is 5.